The van der Waals surface area contributed by atoms with Crippen LogP contribution in [-0.2, 0) is 14.3 Å². The summed E-state index contributed by atoms with van der Waals surface area (Å²) in [5.74, 6) is -1.67. The van der Waals surface area contributed by atoms with Crippen LogP contribution in [0.15, 0.2) is 0 Å². The molecule has 0 aromatic carbocycles. The van der Waals surface area contributed by atoms with Crippen molar-refractivity contribution in [3.63, 3.8) is 0 Å². The van der Waals surface area contributed by atoms with E-state index in [1.54, 1.807) is 19.0 Å². The molecule has 0 aromatic rings. The molecule has 0 aromatic heterocycles. The Labute approximate surface area is 76.3 Å². The van der Waals surface area contributed by atoms with Crippen LogP contribution in [0, 0.1) is 0 Å². The van der Waals surface area contributed by atoms with E-state index < -0.39 is 18.0 Å². The summed E-state index contributed by atoms with van der Waals surface area (Å²) < 4.78 is 4.59. The van der Waals surface area contributed by atoms with E-state index in [1.807, 2.05) is 0 Å². The fraction of sp³-hybridized carbons (Fsp3) is 0.714. The number of rotatable bonds is 5. The fourth-order valence-electron chi connectivity index (χ4n) is 0.558. The molecule has 0 fully saturated rings. The molecule has 0 heterocycles. The molecule has 0 aliphatic heterocycles. The van der Waals surface area contributed by atoms with E-state index in [4.69, 9.17) is 10.8 Å². The van der Waals surface area contributed by atoms with Gasteiger partial charge in [0.2, 0.25) is 0 Å². The number of carbonyl (C=O) groups excluding carboxylic acids is 1. The van der Waals surface area contributed by atoms with E-state index >= 15 is 0 Å². The minimum Gasteiger partial charge on any atom is -0.480 e. The zero-order valence-corrected chi connectivity index (χ0v) is 7.69. The van der Waals surface area contributed by atoms with Gasteiger partial charge in [0.1, 0.15) is 12.6 Å². The number of carboxylic acid groups (broad SMARTS) is 1. The molecule has 0 aliphatic carbocycles. The molecule has 0 aliphatic rings. The van der Waals surface area contributed by atoms with Crippen molar-refractivity contribution in [2.45, 2.75) is 6.04 Å². The van der Waals surface area contributed by atoms with Crippen molar-refractivity contribution in [3.05, 3.63) is 0 Å². The number of esters is 1. The molecule has 1 atom stereocenters. The highest BCUT2D eigenvalue weighted by Crippen LogP contribution is 1.85. The molecule has 0 saturated carbocycles. The van der Waals surface area contributed by atoms with Crippen LogP contribution in [0.25, 0.3) is 0 Å². The number of likely N-dealkylation sites (N-methyl/N-ethyl adjacent to an activating group) is 1. The van der Waals surface area contributed by atoms with Crippen LogP contribution < -0.4 is 5.73 Å². The summed E-state index contributed by atoms with van der Waals surface area (Å²) in [5, 5.41) is 8.35. The van der Waals surface area contributed by atoms with Crippen molar-refractivity contribution in [3.8, 4) is 0 Å². The van der Waals surface area contributed by atoms with E-state index in [-0.39, 0.29) is 13.2 Å². The van der Waals surface area contributed by atoms with Crippen molar-refractivity contribution in [2.75, 3.05) is 27.2 Å². The van der Waals surface area contributed by atoms with Crippen LogP contribution in [-0.4, -0.2) is 55.2 Å². The first-order chi connectivity index (χ1) is 5.93. The molecule has 6 nitrogen and oxygen atoms in total. The van der Waals surface area contributed by atoms with Crippen LogP contribution in [0.4, 0.5) is 0 Å². The zero-order valence-electron chi connectivity index (χ0n) is 7.69. The van der Waals surface area contributed by atoms with Crippen molar-refractivity contribution in [1.29, 1.82) is 0 Å². The first-order valence-corrected chi connectivity index (χ1v) is 3.72. The average Bonchev–Trinajstić information content (AvgIpc) is 1.98. The molecule has 6 heteroatoms. The maximum Gasteiger partial charge on any atom is 0.324 e. The smallest absolute Gasteiger partial charge is 0.324 e. The second-order valence-electron chi connectivity index (χ2n) is 2.87. The highest BCUT2D eigenvalue weighted by Gasteiger charge is 2.14. The van der Waals surface area contributed by atoms with Gasteiger partial charge in [0, 0.05) is 0 Å². The molecule has 76 valence electrons. The fourth-order valence-corrected chi connectivity index (χ4v) is 0.558. The van der Waals surface area contributed by atoms with Gasteiger partial charge in [-0.1, -0.05) is 0 Å². The van der Waals surface area contributed by atoms with Gasteiger partial charge in [-0.25, -0.2) is 0 Å². The van der Waals surface area contributed by atoms with Crippen LogP contribution in [0.2, 0.25) is 0 Å². The maximum atomic E-state index is 10.9. The zero-order chi connectivity index (χ0) is 10.4. The van der Waals surface area contributed by atoms with E-state index in [0.717, 1.165) is 0 Å². The molecule has 13 heavy (non-hydrogen) atoms. The Morgan fingerprint density at radius 2 is 2.08 bits per heavy atom. The lowest BCUT2D eigenvalue weighted by Crippen LogP contribution is -2.37. The third kappa shape index (κ3) is 6.06. The third-order valence-corrected chi connectivity index (χ3v) is 1.19. The molecule has 0 saturated heterocycles. The summed E-state index contributed by atoms with van der Waals surface area (Å²) in [6.07, 6.45) is 0. The van der Waals surface area contributed by atoms with E-state index in [2.05, 4.69) is 4.74 Å². The van der Waals surface area contributed by atoms with Crippen LogP contribution in [0.1, 0.15) is 0 Å². The Morgan fingerprint density at radius 1 is 1.54 bits per heavy atom. The van der Waals surface area contributed by atoms with E-state index in [0.29, 0.717) is 0 Å². The number of carboxylic acids is 1. The summed E-state index contributed by atoms with van der Waals surface area (Å²) in [5.41, 5.74) is 5.11. The topological polar surface area (TPSA) is 92.9 Å². The quantitative estimate of drug-likeness (QED) is 0.513. The number of nitrogens with two attached hydrogens (primary N) is 1. The Balaban J connectivity index is 3.64. The Morgan fingerprint density at radius 3 is 2.46 bits per heavy atom. The second-order valence-corrected chi connectivity index (χ2v) is 2.87. The Kier molecular flexibility index (Phi) is 5.01. The lowest BCUT2D eigenvalue weighted by Gasteiger charge is -2.10. The predicted molar refractivity (Wildman–Crippen MR) is 45.1 cm³/mol. The minimum absolute atomic E-state index is 0.117. The summed E-state index contributed by atoms with van der Waals surface area (Å²) in [7, 11) is 3.41. The Hall–Kier alpha value is -1.14. The van der Waals surface area contributed by atoms with Gasteiger partial charge in [-0.15, -0.1) is 0 Å². The number of nitrogens with zero attached hydrogens (tertiary/aromatic N) is 1. The van der Waals surface area contributed by atoms with Gasteiger partial charge in [0.05, 0.1) is 6.54 Å². The molecule has 0 bridgehead atoms. The molecule has 0 radical (unpaired) electrons. The summed E-state index contributed by atoms with van der Waals surface area (Å²) in [4.78, 5) is 22.7. The standard InChI is InChI=1S/C7H14N2O4/c1-9(2)3-6(10)13-4-5(8)7(11)12/h5H,3-4,8H2,1-2H3,(H,11,12)/t5-/m0/s1. The monoisotopic (exact) mass is 190 g/mol. The number of aliphatic carboxylic acids is 1. The summed E-state index contributed by atoms with van der Waals surface area (Å²) in [6, 6.07) is -1.15. The average molecular weight is 190 g/mol. The maximum absolute atomic E-state index is 10.9. The van der Waals surface area contributed by atoms with Crippen molar-refractivity contribution < 1.29 is 19.4 Å². The number of carbonyl (C=O) groups is 2. The van der Waals surface area contributed by atoms with Gasteiger partial charge in [0.15, 0.2) is 0 Å². The highest BCUT2D eigenvalue weighted by molar-refractivity contribution is 5.75. The molecule has 0 rings (SSSR count). The van der Waals surface area contributed by atoms with E-state index in [1.165, 1.54) is 0 Å². The molecule has 0 unspecified atom stereocenters. The van der Waals surface area contributed by atoms with Gasteiger partial charge < -0.3 is 15.6 Å². The van der Waals surface area contributed by atoms with Gasteiger partial charge in [-0.05, 0) is 14.1 Å². The normalized spacial score (nSPS) is 12.6. The third-order valence-electron chi connectivity index (χ3n) is 1.19. The lowest BCUT2D eigenvalue weighted by molar-refractivity contribution is -0.148. The summed E-state index contributed by atoms with van der Waals surface area (Å²) in [6.45, 7) is -0.172. The number of ether oxygens (including phenoxy) is 1. The van der Waals surface area contributed by atoms with Crippen molar-refractivity contribution >= 4 is 11.9 Å². The first kappa shape index (κ1) is 11.9. The lowest BCUT2D eigenvalue weighted by atomic mass is 10.3. The minimum atomic E-state index is -1.18. The van der Waals surface area contributed by atoms with Crippen LogP contribution >= 0.6 is 0 Å². The Bertz CT molecular complexity index is 193. The van der Waals surface area contributed by atoms with E-state index in [9.17, 15) is 9.59 Å². The first-order valence-electron chi connectivity index (χ1n) is 3.72. The van der Waals surface area contributed by atoms with Crippen LogP contribution in [0.3, 0.4) is 0 Å². The van der Waals surface area contributed by atoms with Gasteiger partial charge in [0.25, 0.3) is 0 Å². The highest BCUT2D eigenvalue weighted by atomic mass is 16.5. The predicted octanol–water partition coefficient (Wildman–Crippen LogP) is -1.50. The SMILES string of the molecule is CN(C)CC(=O)OC[C@H](N)C(=O)O. The number of hydrogen-bond acceptors (Lipinski definition) is 5. The molecule has 3 N–H and O–H groups in total. The second kappa shape index (κ2) is 5.50. The van der Waals surface area contributed by atoms with Crippen LogP contribution in [0.5, 0.6) is 0 Å². The van der Waals surface area contributed by atoms with Gasteiger partial charge >= 0.3 is 11.9 Å². The molecule has 0 amide bonds. The molecule has 0 spiro atoms. The van der Waals surface area contributed by atoms with Crippen molar-refractivity contribution in [1.82, 2.24) is 4.90 Å². The van der Waals surface area contributed by atoms with Crippen molar-refractivity contribution in [2.24, 2.45) is 5.73 Å². The summed E-state index contributed by atoms with van der Waals surface area (Å²) >= 11 is 0. The van der Waals surface area contributed by atoms with Gasteiger partial charge in [-0.3, -0.25) is 14.5 Å². The largest absolute Gasteiger partial charge is 0.480 e. The molecular weight excluding hydrogens is 176 g/mol. The number of hydrogen-bond donors (Lipinski definition) is 2. The molecular formula is C7H14N2O4. The van der Waals surface area contributed by atoms with Gasteiger partial charge in [-0.2, -0.15) is 0 Å².